The molecule has 30 heavy (non-hydrogen) atoms. The summed E-state index contributed by atoms with van der Waals surface area (Å²) in [5.74, 6) is 0. The number of allylic oxidation sites excluding steroid dienone is 1. The highest BCUT2D eigenvalue weighted by molar-refractivity contribution is 6.32. The summed E-state index contributed by atoms with van der Waals surface area (Å²) in [4.78, 5) is 30.7. The molecule has 0 fully saturated rings. The van der Waals surface area contributed by atoms with Gasteiger partial charge >= 0.3 is 5.69 Å². The van der Waals surface area contributed by atoms with Crippen molar-refractivity contribution in [1.82, 2.24) is 18.7 Å². The maximum absolute atomic E-state index is 13.2. The van der Waals surface area contributed by atoms with Crippen LogP contribution in [0.25, 0.3) is 16.9 Å². The number of nitriles is 1. The van der Waals surface area contributed by atoms with E-state index >= 15 is 0 Å². The fourth-order valence-corrected chi connectivity index (χ4v) is 3.61. The van der Waals surface area contributed by atoms with Gasteiger partial charge in [0.25, 0.3) is 5.56 Å². The third-order valence-electron chi connectivity index (χ3n) is 4.78. The van der Waals surface area contributed by atoms with E-state index in [0.29, 0.717) is 16.3 Å². The maximum Gasteiger partial charge on any atom is 0.337 e. The summed E-state index contributed by atoms with van der Waals surface area (Å²) in [5.41, 5.74) is 1.08. The Bertz CT molecular complexity index is 1440. The third-order valence-corrected chi connectivity index (χ3v) is 5.10. The molecule has 2 aromatic carbocycles. The maximum atomic E-state index is 13.2. The molecule has 0 aliphatic heterocycles. The minimum absolute atomic E-state index is 0.0397. The molecule has 4 aromatic rings. The lowest BCUT2D eigenvalue weighted by Crippen LogP contribution is -2.39. The number of para-hydroxylation sites is 1. The molecule has 0 atom stereocenters. The van der Waals surface area contributed by atoms with Gasteiger partial charge in [-0.25, -0.2) is 14.3 Å². The summed E-state index contributed by atoms with van der Waals surface area (Å²) in [6, 6.07) is 16.1. The molecule has 0 bridgehead atoms. The number of imidazole rings is 1. The molecule has 148 valence electrons. The van der Waals surface area contributed by atoms with Crippen molar-refractivity contribution in [3.05, 3.63) is 105 Å². The summed E-state index contributed by atoms with van der Waals surface area (Å²) in [6.07, 6.45) is 2.97. The molecule has 8 heteroatoms. The Labute approximate surface area is 176 Å². The van der Waals surface area contributed by atoms with E-state index in [1.165, 1.54) is 17.0 Å². The minimum Gasteiger partial charge on any atom is -0.320 e. The number of aromatic nitrogens is 4. The predicted molar refractivity (Wildman–Crippen MR) is 115 cm³/mol. The molecule has 0 aliphatic carbocycles. The first kappa shape index (κ1) is 19.4. The highest BCUT2D eigenvalue weighted by atomic mass is 35.5. The lowest BCUT2D eigenvalue weighted by atomic mass is 10.1. The van der Waals surface area contributed by atoms with Crippen molar-refractivity contribution in [1.29, 1.82) is 5.26 Å². The molecule has 0 N–H and O–H groups in total. The Morgan fingerprint density at radius 1 is 1.13 bits per heavy atom. The second-order valence-corrected chi connectivity index (χ2v) is 6.99. The highest BCUT2D eigenvalue weighted by Crippen LogP contribution is 2.22. The van der Waals surface area contributed by atoms with Crippen LogP contribution in [-0.2, 0) is 13.1 Å². The van der Waals surface area contributed by atoms with E-state index in [0.717, 1.165) is 10.1 Å². The van der Waals surface area contributed by atoms with Gasteiger partial charge in [-0.15, -0.1) is 6.58 Å². The van der Waals surface area contributed by atoms with Gasteiger partial charge in [-0.05, 0) is 23.8 Å². The monoisotopic (exact) mass is 417 g/mol. The number of nitrogens with zero attached hydrogens (tertiary/aromatic N) is 5. The van der Waals surface area contributed by atoms with Crippen molar-refractivity contribution >= 4 is 22.8 Å². The second-order valence-electron chi connectivity index (χ2n) is 6.59. The van der Waals surface area contributed by atoms with Gasteiger partial charge in [0.1, 0.15) is 0 Å². The fraction of sp³-hybridized carbons (Fsp3) is 0.0909. The first-order chi connectivity index (χ1) is 14.6. The zero-order valence-corrected chi connectivity index (χ0v) is 16.6. The standard InChI is InChI=1S/C22H16ClN5O2/c1-2-11-27-21(29)19-20(28(22(27)30)18-10-6-5-9-17(18)23)25-14-26(19)13-16-8-4-3-7-15(16)12-24/h2-10,14H,1,11,13H2. The quantitative estimate of drug-likeness (QED) is 0.467. The van der Waals surface area contributed by atoms with Crippen molar-refractivity contribution in [2.24, 2.45) is 0 Å². The van der Waals surface area contributed by atoms with Crippen LogP contribution in [0.2, 0.25) is 5.02 Å². The average Bonchev–Trinajstić information content (AvgIpc) is 3.16. The Morgan fingerprint density at radius 3 is 2.60 bits per heavy atom. The van der Waals surface area contributed by atoms with Crippen molar-refractivity contribution in [2.45, 2.75) is 13.1 Å². The van der Waals surface area contributed by atoms with E-state index < -0.39 is 11.2 Å². The molecule has 4 rings (SSSR count). The fourth-order valence-electron chi connectivity index (χ4n) is 3.39. The van der Waals surface area contributed by atoms with E-state index in [2.05, 4.69) is 17.6 Å². The average molecular weight is 418 g/mol. The van der Waals surface area contributed by atoms with Crippen LogP contribution in [0, 0.1) is 11.3 Å². The first-order valence-corrected chi connectivity index (χ1v) is 9.49. The van der Waals surface area contributed by atoms with Crippen LogP contribution >= 0.6 is 11.6 Å². The van der Waals surface area contributed by atoms with E-state index in [-0.39, 0.29) is 24.3 Å². The van der Waals surface area contributed by atoms with Gasteiger partial charge in [-0.2, -0.15) is 5.26 Å². The Balaban J connectivity index is 2.04. The predicted octanol–water partition coefficient (Wildman–Crippen LogP) is 3.11. The molecule has 0 radical (unpaired) electrons. The van der Waals surface area contributed by atoms with Crippen LogP contribution in [0.3, 0.4) is 0 Å². The van der Waals surface area contributed by atoms with Crippen LogP contribution in [0.15, 0.2) is 77.1 Å². The molecule has 0 saturated carbocycles. The normalized spacial score (nSPS) is 10.8. The summed E-state index contributed by atoms with van der Waals surface area (Å²) in [5, 5.41) is 9.73. The summed E-state index contributed by atoms with van der Waals surface area (Å²) in [6.45, 7) is 3.94. The number of hydrogen-bond donors (Lipinski definition) is 0. The molecular formula is C22H16ClN5O2. The van der Waals surface area contributed by atoms with Gasteiger partial charge in [0.15, 0.2) is 11.2 Å². The topological polar surface area (TPSA) is 85.6 Å². The highest BCUT2D eigenvalue weighted by Gasteiger charge is 2.20. The number of benzene rings is 2. The van der Waals surface area contributed by atoms with Crippen LogP contribution < -0.4 is 11.2 Å². The SMILES string of the molecule is C=CCn1c(=O)c2c(ncn2Cc2ccccc2C#N)n(-c2ccccc2Cl)c1=O. The van der Waals surface area contributed by atoms with Crippen LogP contribution in [0.1, 0.15) is 11.1 Å². The first-order valence-electron chi connectivity index (χ1n) is 9.11. The summed E-state index contributed by atoms with van der Waals surface area (Å²) < 4.78 is 4.06. The van der Waals surface area contributed by atoms with Gasteiger partial charge in [0.05, 0.1) is 35.2 Å². The smallest absolute Gasteiger partial charge is 0.320 e. The van der Waals surface area contributed by atoms with Gasteiger partial charge in [0.2, 0.25) is 0 Å². The van der Waals surface area contributed by atoms with Crippen molar-refractivity contribution < 1.29 is 0 Å². The number of hydrogen-bond acceptors (Lipinski definition) is 4. The van der Waals surface area contributed by atoms with E-state index in [4.69, 9.17) is 11.6 Å². The third kappa shape index (κ3) is 3.13. The lowest BCUT2D eigenvalue weighted by molar-refractivity contribution is 0.690. The van der Waals surface area contributed by atoms with Crippen molar-refractivity contribution in [2.75, 3.05) is 0 Å². The molecule has 7 nitrogen and oxygen atoms in total. The van der Waals surface area contributed by atoms with E-state index in [1.807, 2.05) is 12.1 Å². The van der Waals surface area contributed by atoms with Crippen LogP contribution in [0.4, 0.5) is 0 Å². The van der Waals surface area contributed by atoms with E-state index in [1.54, 1.807) is 41.0 Å². The Morgan fingerprint density at radius 2 is 1.87 bits per heavy atom. The van der Waals surface area contributed by atoms with Crippen LogP contribution in [-0.4, -0.2) is 18.7 Å². The number of halogens is 1. The molecule has 0 unspecified atom stereocenters. The number of rotatable bonds is 5. The zero-order chi connectivity index (χ0) is 21.3. The largest absolute Gasteiger partial charge is 0.337 e. The minimum atomic E-state index is -0.553. The van der Waals surface area contributed by atoms with Crippen molar-refractivity contribution in [3.63, 3.8) is 0 Å². The van der Waals surface area contributed by atoms with Crippen molar-refractivity contribution in [3.8, 4) is 11.8 Å². The Kier molecular flexibility index (Phi) is 5.09. The molecule has 0 spiro atoms. The Hall–Kier alpha value is -3.89. The molecule has 0 saturated heterocycles. The number of fused-ring (bicyclic) bond motifs is 1. The molecular weight excluding hydrogens is 402 g/mol. The van der Waals surface area contributed by atoms with Gasteiger partial charge in [-0.3, -0.25) is 9.36 Å². The summed E-state index contributed by atoms with van der Waals surface area (Å²) in [7, 11) is 0. The van der Waals surface area contributed by atoms with E-state index in [9.17, 15) is 14.9 Å². The van der Waals surface area contributed by atoms with Gasteiger partial charge in [0, 0.05) is 6.54 Å². The van der Waals surface area contributed by atoms with Gasteiger partial charge in [-0.1, -0.05) is 48.0 Å². The summed E-state index contributed by atoms with van der Waals surface area (Å²) >= 11 is 6.34. The second kappa shape index (κ2) is 7.85. The molecule has 0 aliphatic rings. The van der Waals surface area contributed by atoms with Gasteiger partial charge < -0.3 is 4.57 Å². The van der Waals surface area contributed by atoms with Crippen LogP contribution in [0.5, 0.6) is 0 Å². The lowest BCUT2D eigenvalue weighted by Gasteiger charge is -2.13. The molecule has 2 heterocycles. The molecule has 2 aromatic heterocycles. The molecule has 0 amide bonds. The zero-order valence-electron chi connectivity index (χ0n) is 15.8.